The molecule has 0 amide bonds. The van der Waals surface area contributed by atoms with Gasteiger partial charge in [-0.2, -0.15) is 0 Å². The van der Waals surface area contributed by atoms with Crippen LogP contribution in [0.4, 0.5) is 0 Å². The van der Waals surface area contributed by atoms with Crippen LogP contribution in [-0.2, 0) is 10.0 Å². The van der Waals surface area contributed by atoms with Crippen molar-refractivity contribution in [2.45, 2.75) is 39.5 Å². The average Bonchev–Trinajstić information content (AvgIpc) is 2.21. The predicted octanol–water partition coefficient (Wildman–Crippen LogP) is 2.46. The van der Waals surface area contributed by atoms with Crippen molar-refractivity contribution in [1.29, 1.82) is 0 Å². The van der Waals surface area contributed by atoms with E-state index in [0.29, 0.717) is 19.0 Å². The molecular weight excluding hydrogens is 234 g/mol. The molecule has 0 unspecified atom stereocenters. The van der Waals surface area contributed by atoms with Gasteiger partial charge >= 0.3 is 0 Å². The van der Waals surface area contributed by atoms with Gasteiger partial charge in [-0.3, -0.25) is 0 Å². The van der Waals surface area contributed by atoms with Crippen LogP contribution in [0, 0.1) is 0 Å². The van der Waals surface area contributed by atoms with E-state index in [4.69, 9.17) is 11.6 Å². The Morgan fingerprint density at radius 1 is 1.07 bits per heavy atom. The van der Waals surface area contributed by atoms with Gasteiger partial charge in [0.15, 0.2) is 0 Å². The summed E-state index contributed by atoms with van der Waals surface area (Å²) in [6.45, 7) is 5.09. The molecule has 0 atom stereocenters. The van der Waals surface area contributed by atoms with Gasteiger partial charge in [-0.15, -0.1) is 11.6 Å². The number of unbranched alkanes of at least 4 members (excludes halogenated alkanes) is 2. The van der Waals surface area contributed by atoms with Gasteiger partial charge in [-0.05, 0) is 12.8 Å². The van der Waals surface area contributed by atoms with Gasteiger partial charge in [-0.25, -0.2) is 12.7 Å². The Labute approximate surface area is 98.8 Å². The minimum absolute atomic E-state index is 0.254. The lowest BCUT2D eigenvalue weighted by Gasteiger charge is -2.20. The summed E-state index contributed by atoms with van der Waals surface area (Å²) in [5, 5.41) is 0. The zero-order valence-electron chi connectivity index (χ0n) is 9.71. The summed E-state index contributed by atoms with van der Waals surface area (Å²) in [5.74, 6) is 0.624. The Morgan fingerprint density at radius 3 is 2.13 bits per heavy atom. The fraction of sp³-hybridized carbons (Fsp3) is 1.00. The molecule has 5 heteroatoms. The highest BCUT2D eigenvalue weighted by Gasteiger charge is 2.19. The summed E-state index contributed by atoms with van der Waals surface area (Å²) in [4.78, 5) is 0. The van der Waals surface area contributed by atoms with Crippen LogP contribution in [0.25, 0.3) is 0 Å². The van der Waals surface area contributed by atoms with E-state index in [-0.39, 0.29) is 5.75 Å². The van der Waals surface area contributed by atoms with Crippen LogP contribution in [0.1, 0.15) is 39.5 Å². The molecule has 0 aromatic rings. The van der Waals surface area contributed by atoms with Gasteiger partial charge in [0.2, 0.25) is 10.0 Å². The molecule has 0 bridgehead atoms. The van der Waals surface area contributed by atoms with Crippen molar-refractivity contribution in [3.63, 3.8) is 0 Å². The number of hydrogen-bond donors (Lipinski definition) is 0. The van der Waals surface area contributed by atoms with Crippen LogP contribution in [0.2, 0.25) is 0 Å². The van der Waals surface area contributed by atoms with E-state index in [1.165, 1.54) is 4.31 Å². The Balaban J connectivity index is 4.30. The minimum atomic E-state index is -3.07. The van der Waals surface area contributed by atoms with Gasteiger partial charge in [0.25, 0.3) is 0 Å². The third-order valence-corrected chi connectivity index (χ3v) is 4.37. The monoisotopic (exact) mass is 255 g/mol. The number of rotatable bonds is 9. The summed E-state index contributed by atoms with van der Waals surface area (Å²) in [6, 6.07) is 0. The van der Waals surface area contributed by atoms with Crippen LogP contribution in [-0.4, -0.2) is 37.4 Å². The van der Waals surface area contributed by atoms with E-state index < -0.39 is 10.0 Å². The summed E-state index contributed by atoms with van der Waals surface area (Å²) in [5.41, 5.74) is 0. The highest BCUT2D eigenvalue weighted by atomic mass is 35.5. The fourth-order valence-corrected chi connectivity index (χ4v) is 3.27. The van der Waals surface area contributed by atoms with E-state index in [9.17, 15) is 8.42 Å². The zero-order chi connectivity index (χ0) is 11.7. The largest absolute Gasteiger partial charge is 0.214 e. The molecule has 0 N–H and O–H groups in total. The molecule has 0 heterocycles. The van der Waals surface area contributed by atoms with Gasteiger partial charge in [0.1, 0.15) is 0 Å². The van der Waals surface area contributed by atoms with Crippen molar-refractivity contribution in [1.82, 2.24) is 4.31 Å². The first-order chi connectivity index (χ1) is 7.08. The van der Waals surface area contributed by atoms with E-state index in [2.05, 4.69) is 6.92 Å². The van der Waals surface area contributed by atoms with Crippen LogP contribution >= 0.6 is 11.6 Å². The topological polar surface area (TPSA) is 37.4 Å². The highest BCUT2D eigenvalue weighted by Crippen LogP contribution is 2.07. The molecule has 0 aromatic carbocycles. The quantitative estimate of drug-likeness (QED) is 0.594. The zero-order valence-corrected chi connectivity index (χ0v) is 11.3. The van der Waals surface area contributed by atoms with Crippen molar-refractivity contribution in [3.05, 3.63) is 0 Å². The lowest BCUT2D eigenvalue weighted by molar-refractivity contribution is 0.419. The van der Waals surface area contributed by atoms with Crippen LogP contribution < -0.4 is 0 Å². The lowest BCUT2D eigenvalue weighted by Crippen LogP contribution is -2.35. The fourth-order valence-electron chi connectivity index (χ4n) is 1.27. The molecule has 0 saturated heterocycles. The first kappa shape index (κ1) is 15.2. The second kappa shape index (κ2) is 8.36. The Morgan fingerprint density at radius 2 is 1.67 bits per heavy atom. The highest BCUT2D eigenvalue weighted by molar-refractivity contribution is 7.89. The number of sulfonamides is 1. The standard InChI is InChI=1S/C10H22ClNO2S/c1-3-5-8-12(9-7-11)15(13,14)10-6-4-2/h3-10H2,1-2H3. The second-order valence-corrected chi connectivity index (χ2v) is 6.08. The third-order valence-electron chi connectivity index (χ3n) is 2.24. The molecule has 0 spiro atoms. The van der Waals surface area contributed by atoms with Gasteiger partial charge in [0, 0.05) is 19.0 Å². The summed E-state index contributed by atoms with van der Waals surface area (Å²) in [7, 11) is -3.07. The molecule has 0 aliphatic heterocycles. The maximum atomic E-state index is 11.9. The van der Waals surface area contributed by atoms with E-state index in [1.807, 2.05) is 6.92 Å². The molecule has 92 valence electrons. The molecule has 15 heavy (non-hydrogen) atoms. The Hall–Kier alpha value is 0.200. The Kier molecular flexibility index (Phi) is 8.47. The van der Waals surface area contributed by atoms with Crippen molar-refractivity contribution in [3.8, 4) is 0 Å². The third kappa shape index (κ3) is 6.38. The van der Waals surface area contributed by atoms with Crippen LogP contribution in [0.5, 0.6) is 0 Å². The molecular formula is C10H22ClNO2S. The number of nitrogens with zero attached hydrogens (tertiary/aromatic N) is 1. The normalized spacial score (nSPS) is 12.3. The van der Waals surface area contributed by atoms with Gasteiger partial charge in [-0.1, -0.05) is 26.7 Å². The van der Waals surface area contributed by atoms with Crippen molar-refractivity contribution in [2.75, 3.05) is 24.7 Å². The molecule has 3 nitrogen and oxygen atoms in total. The maximum Gasteiger partial charge on any atom is 0.214 e. The van der Waals surface area contributed by atoms with Crippen molar-refractivity contribution >= 4 is 21.6 Å². The summed E-state index contributed by atoms with van der Waals surface area (Å²) in [6.07, 6.45) is 3.54. The van der Waals surface area contributed by atoms with Crippen molar-refractivity contribution in [2.24, 2.45) is 0 Å². The molecule has 0 aliphatic rings. The smallest absolute Gasteiger partial charge is 0.212 e. The van der Waals surface area contributed by atoms with E-state index >= 15 is 0 Å². The van der Waals surface area contributed by atoms with Gasteiger partial charge < -0.3 is 0 Å². The SMILES string of the molecule is CCCCN(CCCl)S(=O)(=O)CCCC. The molecule has 0 aliphatic carbocycles. The number of alkyl halides is 1. The minimum Gasteiger partial charge on any atom is -0.212 e. The van der Waals surface area contributed by atoms with E-state index in [1.54, 1.807) is 0 Å². The number of hydrogen-bond acceptors (Lipinski definition) is 2. The first-order valence-corrected chi connectivity index (χ1v) is 7.76. The first-order valence-electron chi connectivity index (χ1n) is 5.62. The summed E-state index contributed by atoms with van der Waals surface area (Å²) < 4.78 is 25.2. The molecule has 0 fully saturated rings. The maximum absolute atomic E-state index is 11.9. The van der Waals surface area contributed by atoms with Crippen LogP contribution in [0.3, 0.4) is 0 Å². The molecule has 0 rings (SSSR count). The lowest BCUT2D eigenvalue weighted by atomic mass is 10.3. The van der Waals surface area contributed by atoms with E-state index in [0.717, 1.165) is 25.7 Å². The average molecular weight is 256 g/mol. The molecule has 0 aromatic heterocycles. The van der Waals surface area contributed by atoms with Crippen molar-refractivity contribution < 1.29 is 8.42 Å². The molecule has 0 radical (unpaired) electrons. The molecule has 0 saturated carbocycles. The number of halogens is 1. The second-order valence-electron chi connectivity index (χ2n) is 3.61. The van der Waals surface area contributed by atoms with Gasteiger partial charge in [0.05, 0.1) is 5.75 Å². The summed E-state index contributed by atoms with van der Waals surface area (Å²) >= 11 is 5.61. The van der Waals surface area contributed by atoms with Crippen LogP contribution in [0.15, 0.2) is 0 Å². The predicted molar refractivity (Wildman–Crippen MR) is 65.9 cm³/mol. The Bertz CT molecular complexity index is 242.